The Kier molecular flexibility index (Phi) is 6.11. The lowest BCUT2D eigenvalue weighted by Gasteiger charge is -2.24. The van der Waals surface area contributed by atoms with Crippen molar-refractivity contribution in [2.45, 2.75) is 13.5 Å². The molecule has 112 valence electrons. The molecule has 0 spiro atoms. The molecule has 0 amide bonds. The molecular weight excluding hydrogens is 299 g/mol. The van der Waals surface area contributed by atoms with Crippen molar-refractivity contribution in [3.05, 3.63) is 27.7 Å². The standard InChI is InChI=1S/C14H20Cl2N2O2/c1-9(14(19)20)7-18(4)8-11-12(16)5-10(15)6-13(11)17(2)3/h5-6,9H,7-8H2,1-4H3,(H,19,20). The van der Waals surface area contributed by atoms with E-state index in [9.17, 15) is 4.79 Å². The van der Waals surface area contributed by atoms with Gasteiger partial charge in [-0.1, -0.05) is 30.1 Å². The summed E-state index contributed by atoms with van der Waals surface area (Å²) < 4.78 is 0. The molecule has 1 N–H and O–H groups in total. The van der Waals surface area contributed by atoms with Gasteiger partial charge in [0.2, 0.25) is 0 Å². The average molecular weight is 319 g/mol. The molecule has 0 radical (unpaired) electrons. The molecule has 0 heterocycles. The normalized spacial score (nSPS) is 12.6. The maximum Gasteiger partial charge on any atom is 0.307 e. The smallest absolute Gasteiger partial charge is 0.307 e. The second kappa shape index (κ2) is 7.16. The first kappa shape index (κ1) is 17.1. The Hall–Kier alpha value is -0.970. The summed E-state index contributed by atoms with van der Waals surface area (Å²) in [5.74, 6) is -1.22. The van der Waals surface area contributed by atoms with E-state index < -0.39 is 11.9 Å². The first-order valence-corrected chi connectivity index (χ1v) is 7.04. The second-order valence-corrected chi connectivity index (χ2v) is 6.06. The lowest BCUT2D eigenvalue weighted by atomic mass is 10.1. The van der Waals surface area contributed by atoms with Crippen LogP contribution in [0.5, 0.6) is 0 Å². The van der Waals surface area contributed by atoms with Gasteiger partial charge >= 0.3 is 5.97 Å². The fraction of sp³-hybridized carbons (Fsp3) is 0.500. The molecule has 0 aromatic heterocycles. The molecule has 20 heavy (non-hydrogen) atoms. The molecule has 1 atom stereocenters. The SMILES string of the molecule is CC(CN(C)Cc1c(Cl)cc(Cl)cc1N(C)C)C(=O)O. The highest BCUT2D eigenvalue weighted by Crippen LogP contribution is 2.31. The molecule has 0 bridgehead atoms. The van der Waals surface area contributed by atoms with Crippen molar-refractivity contribution >= 4 is 34.9 Å². The first-order chi connectivity index (χ1) is 9.22. The van der Waals surface area contributed by atoms with E-state index in [0.29, 0.717) is 23.1 Å². The predicted octanol–water partition coefficient (Wildman–Crippen LogP) is 3.21. The number of halogens is 2. The molecule has 0 aliphatic carbocycles. The minimum absolute atomic E-state index is 0.422. The summed E-state index contributed by atoms with van der Waals surface area (Å²) in [4.78, 5) is 14.8. The molecule has 0 aliphatic heterocycles. The number of carboxylic acids is 1. The number of anilines is 1. The van der Waals surface area contributed by atoms with Crippen LogP contribution in [0, 0.1) is 5.92 Å². The highest BCUT2D eigenvalue weighted by molar-refractivity contribution is 6.35. The van der Waals surface area contributed by atoms with Crippen molar-refractivity contribution in [2.75, 3.05) is 32.6 Å². The summed E-state index contributed by atoms with van der Waals surface area (Å²) in [6.07, 6.45) is 0. The van der Waals surface area contributed by atoms with E-state index in [2.05, 4.69) is 0 Å². The summed E-state index contributed by atoms with van der Waals surface area (Å²) in [6, 6.07) is 3.57. The summed E-state index contributed by atoms with van der Waals surface area (Å²) in [6.45, 7) is 2.72. The second-order valence-electron chi connectivity index (χ2n) is 5.22. The lowest BCUT2D eigenvalue weighted by Crippen LogP contribution is -2.29. The summed E-state index contributed by atoms with van der Waals surface area (Å²) in [5, 5.41) is 10.1. The van der Waals surface area contributed by atoms with Gasteiger partial charge in [0.25, 0.3) is 0 Å². The largest absolute Gasteiger partial charge is 0.481 e. The highest BCUT2D eigenvalue weighted by atomic mass is 35.5. The zero-order chi connectivity index (χ0) is 15.4. The van der Waals surface area contributed by atoms with Gasteiger partial charge in [0.15, 0.2) is 0 Å². The number of nitrogens with zero attached hydrogens (tertiary/aromatic N) is 2. The maximum atomic E-state index is 10.9. The van der Waals surface area contributed by atoms with E-state index in [-0.39, 0.29) is 0 Å². The van der Waals surface area contributed by atoms with Crippen LogP contribution in [0.2, 0.25) is 10.0 Å². The Balaban J connectivity index is 2.94. The molecule has 0 fully saturated rings. The van der Waals surface area contributed by atoms with Crippen LogP contribution in [0.1, 0.15) is 12.5 Å². The summed E-state index contributed by atoms with van der Waals surface area (Å²) in [7, 11) is 5.72. The van der Waals surface area contributed by atoms with Gasteiger partial charge in [-0.2, -0.15) is 0 Å². The maximum absolute atomic E-state index is 10.9. The molecule has 0 saturated carbocycles. The van der Waals surface area contributed by atoms with Crippen LogP contribution < -0.4 is 4.90 Å². The zero-order valence-electron chi connectivity index (χ0n) is 12.2. The Morgan fingerprint density at radius 1 is 1.30 bits per heavy atom. The van der Waals surface area contributed by atoms with Gasteiger partial charge < -0.3 is 14.9 Å². The zero-order valence-corrected chi connectivity index (χ0v) is 13.7. The van der Waals surface area contributed by atoms with Crippen LogP contribution in [-0.4, -0.2) is 43.7 Å². The van der Waals surface area contributed by atoms with Crippen molar-refractivity contribution in [1.82, 2.24) is 4.90 Å². The van der Waals surface area contributed by atoms with Crippen LogP contribution in [0.25, 0.3) is 0 Å². The topological polar surface area (TPSA) is 43.8 Å². The monoisotopic (exact) mass is 318 g/mol. The van der Waals surface area contributed by atoms with Crippen molar-refractivity contribution in [3.63, 3.8) is 0 Å². The van der Waals surface area contributed by atoms with Gasteiger partial charge in [-0.3, -0.25) is 4.79 Å². The number of benzene rings is 1. The lowest BCUT2D eigenvalue weighted by molar-refractivity contribution is -0.141. The molecular formula is C14H20Cl2N2O2. The van der Waals surface area contributed by atoms with Crippen molar-refractivity contribution in [3.8, 4) is 0 Å². The van der Waals surface area contributed by atoms with Crippen molar-refractivity contribution in [1.29, 1.82) is 0 Å². The van der Waals surface area contributed by atoms with Crippen molar-refractivity contribution in [2.24, 2.45) is 5.92 Å². The molecule has 1 rings (SSSR count). The fourth-order valence-electron chi connectivity index (χ4n) is 2.03. The third-order valence-corrected chi connectivity index (χ3v) is 3.61. The van der Waals surface area contributed by atoms with Gasteiger partial charge in [-0.15, -0.1) is 0 Å². The van der Waals surface area contributed by atoms with Crippen LogP contribution in [0.4, 0.5) is 5.69 Å². The number of carboxylic acid groups (broad SMARTS) is 1. The Morgan fingerprint density at radius 3 is 2.40 bits per heavy atom. The number of hydrogen-bond acceptors (Lipinski definition) is 3. The Bertz CT molecular complexity index is 492. The number of hydrogen-bond donors (Lipinski definition) is 1. The van der Waals surface area contributed by atoms with E-state index in [1.54, 1.807) is 13.0 Å². The average Bonchev–Trinajstić information content (AvgIpc) is 2.31. The van der Waals surface area contributed by atoms with Crippen molar-refractivity contribution < 1.29 is 9.90 Å². The van der Waals surface area contributed by atoms with Crippen LogP contribution >= 0.6 is 23.2 Å². The van der Waals surface area contributed by atoms with Gasteiger partial charge in [-0.05, 0) is 19.2 Å². The molecule has 1 aromatic rings. The highest BCUT2D eigenvalue weighted by Gasteiger charge is 2.17. The number of aliphatic carboxylic acids is 1. The molecule has 6 heteroatoms. The van der Waals surface area contributed by atoms with Crippen LogP contribution in [0.15, 0.2) is 12.1 Å². The van der Waals surface area contributed by atoms with Crippen LogP contribution in [-0.2, 0) is 11.3 Å². The van der Waals surface area contributed by atoms with E-state index in [1.807, 2.05) is 37.0 Å². The third kappa shape index (κ3) is 4.54. The van der Waals surface area contributed by atoms with Gasteiger partial charge in [0.1, 0.15) is 0 Å². The minimum atomic E-state index is -0.799. The third-order valence-electron chi connectivity index (χ3n) is 3.05. The molecule has 1 aromatic carbocycles. The Labute approximate surface area is 129 Å². The van der Waals surface area contributed by atoms with Gasteiger partial charge in [-0.25, -0.2) is 0 Å². The number of rotatable bonds is 6. The van der Waals surface area contributed by atoms with Gasteiger partial charge in [0.05, 0.1) is 5.92 Å². The molecule has 0 saturated heterocycles. The fourth-order valence-corrected chi connectivity index (χ4v) is 2.57. The minimum Gasteiger partial charge on any atom is -0.481 e. The molecule has 1 unspecified atom stereocenters. The first-order valence-electron chi connectivity index (χ1n) is 6.29. The molecule has 0 aliphatic rings. The summed E-state index contributed by atoms with van der Waals surface area (Å²) in [5.41, 5.74) is 1.89. The Morgan fingerprint density at radius 2 is 1.90 bits per heavy atom. The van der Waals surface area contributed by atoms with Gasteiger partial charge in [0, 0.05) is 48.5 Å². The van der Waals surface area contributed by atoms with E-state index >= 15 is 0 Å². The van der Waals surface area contributed by atoms with E-state index in [4.69, 9.17) is 28.3 Å². The van der Waals surface area contributed by atoms with E-state index in [1.165, 1.54) is 0 Å². The summed E-state index contributed by atoms with van der Waals surface area (Å²) >= 11 is 12.3. The van der Waals surface area contributed by atoms with Crippen LogP contribution in [0.3, 0.4) is 0 Å². The van der Waals surface area contributed by atoms with E-state index in [0.717, 1.165) is 11.3 Å². The molecule has 4 nitrogen and oxygen atoms in total. The quantitative estimate of drug-likeness (QED) is 0.874. The predicted molar refractivity (Wildman–Crippen MR) is 83.9 cm³/mol. The number of carbonyl (C=O) groups is 1.